The Morgan fingerprint density at radius 1 is 1.30 bits per heavy atom. The van der Waals surface area contributed by atoms with Gasteiger partial charge in [-0.1, -0.05) is 17.7 Å². The summed E-state index contributed by atoms with van der Waals surface area (Å²) in [6.07, 6.45) is 4.37. The Kier molecular flexibility index (Phi) is 4.92. The maximum Gasteiger partial charge on any atom is 0.271 e. The molecule has 0 fully saturated rings. The van der Waals surface area contributed by atoms with Crippen molar-refractivity contribution in [1.29, 1.82) is 0 Å². The van der Waals surface area contributed by atoms with Crippen LogP contribution in [0, 0.1) is 6.92 Å². The number of rotatable bonds is 6. The van der Waals surface area contributed by atoms with Crippen molar-refractivity contribution in [3.05, 3.63) is 60.0 Å². The monoisotopic (exact) mass is 326 g/mol. The summed E-state index contributed by atoms with van der Waals surface area (Å²) in [4.78, 5) is 17.5. The Bertz CT molecular complexity index is 765. The Labute approximate surface area is 139 Å². The number of thioether (sulfide) groups is 1. The highest BCUT2D eigenvalue weighted by Crippen LogP contribution is 2.18. The summed E-state index contributed by atoms with van der Waals surface area (Å²) in [7, 11) is 0. The summed E-state index contributed by atoms with van der Waals surface area (Å²) in [5.74, 6) is 0.812. The minimum atomic E-state index is -0.157. The van der Waals surface area contributed by atoms with Gasteiger partial charge < -0.3 is 5.32 Å². The number of carbonyl (C=O) groups excluding carboxylic acids is 1. The van der Waals surface area contributed by atoms with Gasteiger partial charge in [0.2, 0.25) is 0 Å². The van der Waals surface area contributed by atoms with Gasteiger partial charge >= 0.3 is 0 Å². The van der Waals surface area contributed by atoms with Crippen LogP contribution in [0.3, 0.4) is 0 Å². The van der Waals surface area contributed by atoms with Crippen LogP contribution in [0.25, 0.3) is 5.65 Å². The number of nitrogens with one attached hydrogen (secondary N) is 1. The normalized spacial score (nSPS) is 10.8. The number of nitrogens with zero attached hydrogens (tertiary/aromatic N) is 3. The zero-order valence-electron chi connectivity index (χ0n) is 12.9. The van der Waals surface area contributed by atoms with Crippen molar-refractivity contribution in [2.75, 3.05) is 12.3 Å². The van der Waals surface area contributed by atoms with Crippen molar-refractivity contribution in [2.24, 2.45) is 0 Å². The highest BCUT2D eigenvalue weighted by atomic mass is 32.2. The van der Waals surface area contributed by atoms with E-state index in [2.05, 4.69) is 46.6 Å². The van der Waals surface area contributed by atoms with E-state index in [9.17, 15) is 4.79 Å². The van der Waals surface area contributed by atoms with E-state index < -0.39 is 0 Å². The SMILES string of the molecule is Cc1ccc(SCCCNC(=O)c2cc3ncccn3n2)cc1. The van der Waals surface area contributed by atoms with E-state index in [-0.39, 0.29) is 5.91 Å². The summed E-state index contributed by atoms with van der Waals surface area (Å²) in [6, 6.07) is 12.0. The molecule has 3 aromatic rings. The zero-order valence-corrected chi connectivity index (χ0v) is 13.7. The number of aromatic nitrogens is 3. The predicted molar refractivity (Wildman–Crippen MR) is 91.8 cm³/mol. The second kappa shape index (κ2) is 7.28. The third-order valence-electron chi connectivity index (χ3n) is 3.37. The summed E-state index contributed by atoms with van der Waals surface area (Å²) >= 11 is 1.80. The number of hydrogen-bond acceptors (Lipinski definition) is 4. The average Bonchev–Trinajstić information content (AvgIpc) is 3.00. The van der Waals surface area contributed by atoms with Gasteiger partial charge in [0.15, 0.2) is 11.3 Å². The van der Waals surface area contributed by atoms with Crippen molar-refractivity contribution in [2.45, 2.75) is 18.2 Å². The van der Waals surface area contributed by atoms with Crippen molar-refractivity contribution in [3.63, 3.8) is 0 Å². The number of hydrogen-bond donors (Lipinski definition) is 1. The molecule has 0 bridgehead atoms. The second-order valence-electron chi connectivity index (χ2n) is 5.22. The first-order valence-corrected chi connectivity index (χ1v) is 8.49. The van der Waals surface area contributed by atoms with E-state index in [4.69, 9.17) is 0 Å². The zero-order chi connectivity index (χ0) is 16.1. The fourth-order valence-corrected chi connectivity index (χ4v) is 2.98. The van der Waals surface area contributed by atoms with Gasteiger partial charge in [0.05, 0.1) is 0 Å². The van der Waals surface area contributed by atoms with Crippen LogP contribution in [-0.4, -0.2) is 32.8 Å². The molecule has 5 nitrogen and oxygen atoms in total. The molecule has 0 spiro atoms. The molecule has 0 unspecified atom stereocenters. The van der Waals surface area contributed by atoms with Gasteiger partial charge in [-0.2, -0.15) is 5.10 Å². The lowest BCUT2D eigenvalue weighted by Crippen LogP contribution is -2.25. The van der Waals surface area contributed by atoms with E-state index in [0.29, 0.717) is 17.9 Å². The Balaban J connectivity index is 1.43. The maximum absolute atomic E-state index is 12.1. The average molecular weight is 326 g/mol. The molecule has 2 aromatic heterocycles. The largest absolute Gasteiger partial charge is 0.351 e. The van der Waals surface area contributed by atoms with Crippen molar-refractivity contribution >= 4 is 23.3 Å². The molecule has 118 valence electrons. The van der Waals surface area contributed by atoms with Crippen molar-refractivity contribution in [1.82, 2.24) is 19.9 Å². The molecule has 1 N–H and O–H groups in total. The molecule has 1 amide bonds. The Morgan fingerprint density at radius 2 is 2.13 bits per heavy atom. The Morgan fingerprint density at radius 3 is 2.91 bits per heavy atom. The number of benzene rings is 1. The van der Waals surface area contributed by atoms with Crippen LogP contribution < -0.4 is 5.32 Å². The summed E-state index contributed by atoms with van der Waals surface area (Å²) in [5, 5.41) is 7.10. The van der Waals surface area contributed by atoms with Gasteiger partial charge in [0.25, 0.3) is 5.91 Å². The number of carbonyl (C=O) groups is 1. The first-order valence-electron chi connectivity index (χ1n) is 7.50. The molecule has 0 saturated carbocycles. The van der Waals surface area contributed by atoms with Gasteiger partial charge in [0.1, 0.15) is 0 Å². The number of amides is 1. The van der Waals surface area contributed by atoms with Gasteiger partial charge in [0, 0.05) is 29.9 Å². The smallest absolute Gasteiger partial charge is 0.271 e. The van der Waals surface area contributed by atoms with E-state index in [0.717, 1.165) is 12.2 Å². The molecule has 0 atom stereocenters. The van der Waals surface area contributed by atoms with Gasteiger partial charge in [-0.15, -0.1) is 11.8 Å². The van der Waals surface area contributed by atoms with Crippen LogP contribution in [0.5, 0.6) is 0 Å². The van der Waals surface area contributed by atoms with E-state index in [1.54, 1.807) is 40.8 Å². The summed E-state index contributed by atoms with van der Waals surface area (Å²) < 4.78 is 1.60. The van der Waals surface area contributed by atoms with Gasteiger partial charge in [-0.3, -0.25) is 4.79 Å². The van der Waals surface area contributed by atoms with Crippen LogP contribution >= 0.6 is 11.8 Å². The van der Waals surface area contributed by atoms with Crippen LogP contribution in [0.1, 0.15) is 22.5 Å². The lowest BCUT2D eigenvalue weighted by atomic mass is 10.2. The predicted octanol–water partition coefficient (Wildman–Crippen LogP) is 2.95. The van der Waals surface area contributed by atoms with E-state index in [1.165, 1.54) is 10.5 Å². The lowest BCUT2D eigenvalue weighted by molar-refractivity contribution is 0.0948. The fraction of sp³-hybridized carbons (Fsp3) is 0.235. The fourth-order valence-electron chi connectivity index (χ4n) is 2.13. The molecule has 2 heterocycles. The standard InChI is InChI=1S/C17H18N4OS/c1-13-4-6-14(7-5-13)23-11-3-9-19-17(22)15-12-16-18-8-2-10-21(16)20-15/h2,4-8,10,12H,3,9,11H2,1H3,(H,19,22). The topological polar surface area (TPSA) is 59.3 Å². The quantitative estimate of drug-likeness (QED) is 0.559. The number of fused-ring (bicyclic) bond motifs is 1. The molecule has 0 aliphatic heterocycles. The Hall–Kier alpha value is -2.34. The van der Waals surface area contributed by atoms with Gasteiger partial charge in [-0.05, 0) is 37.3 Å². The van der Waals surface area contributed by atoms with Crippen LogP contribution in [0.4, 0.5) is 0 Å². The van der Waals surface area contributed by atoms with E-state index >= 15 is 0 Å². The molecule has 0 aliphatic rings. The highest BCUT2D eigenvalue weighted by molar-refractivity contribution is 7.99. The summed E-state index contributed by atoms with van der Waals surface area (Å²) in [5.41, 5.74) is 2.34. The van der Waals surface area contributed by atoms with Crippen LogP contribution in [0.15, 0.2) is 53.7 Å². The minimum Gasteiger partial charge on any atom is -0.351 e. The van der Waals surface area contributed by atoms with Crippen LogP contribution in [0.2, 0.25) is 0 Å². The first kappa shape index (κ1) is 15.6. The molecule has 0 radical (unpaired) electrons. The first-order chi connectivity index (χ1) is 11.2. The molecule has 6 heteroatoms. The van der Waals surface area contributed by atoms with Crippen molar-refractivity contribution < 1.29 is 4.79 Å². The van der Waals surface area contributed by atoms with Crippen molar-refractivity contribution in [3.8, 4) is 0 Å². The molecule has 1 aromatic carbocycles. The van der Waals surface area contributed by atoms with Crippen LogP contribution in [-0.2, 0) is 0 Å². The molecule has 0 aliphatic carbocycles. The third kappa shape index (κ3) is 4.10. The minimum absolute atomic E-state index is 0.157. The molecule has 0 saturated heterocycles. The van der Waals surface area contributed by atoms with Gasteiger partial charge in [-0.25, -0.2) is 9.50 Å². The third-order valence-corrected chi connectivity index (χ3v) is 4.46. The summed E-state index contributed by atoms with van der Waals surface area (Å²) in [6.45, 7) is 2.72. The van der Waals surface area contributed by atoms with E-state index in [1.807, 2.05) is 0 Å². The maximum atomic E-state index is 12.1. The lowest BCUT2D eigenvalue weighted by Gasteiger charge is -2.04. The molecular formula is C17H18N4OS. The molecule has 3 rings (SSSR count). The molecular weight excluding hydrogens is 308 g/mol. The second-order valence-corrected chi connectivity index (χ2v) is 6.39. The highest BCUT2D eigenvalue weighted by Gasteiger charge is 2.10. The number of aryl methyl sites for hydroxylation is 1. The molecule has 23 heavy (non-hydrogen) atoms.